The smallest absolute Gasteiger partial charge is 0.0975 e. The van der Waals surface area contributed by atoms with Gasteiger partial charge in [-0.05, 0) is 44.4 Å². The van der Waals surface area contributed by atoms with Crippen LogP contribution in [0.5, 0.6) is 0 Å². The molecule has 0 saturated heterocycles. The molecular weight excluding hydrogens is 214 g/mol. The van der Waals surface area contributed by atoms with Crippen LogP contribution < -0.4 is 5.73 Å². The maximum atomic E-state index is 10.6. The molecule has 4 nitrogen and oxygen atoms in total. The molecule has 2 aliphatic carbocycles. The highest BCUT2D eigenvalue weighted by atomic mass is 16.3. The van der Waals surface area contributed by atoms with Gasteiger partial charge in [-0.1, -0.05) is 0 Å². The molecule has 1 aromatic rings. The molecule has 4 heteroatoms. The van der Waals surface area contributed by atoms with E-state index in [4.69, 9.17) is 5.73 Å². The monoisotopic (exact) mass is 235 g/mol. The third kappa shape index (κ3) is 2.00. The van der Waals surface area contributed by atoms with Crippen molar-refractivity contribution in [3.05, 3.63) is 17.7 Å². The first kappa shape index (κ1) is 11.2. The number of hydrogen-bond donors (Lipinski definition) is 2. The molecule has 1 aromatic heterocycles. The van der Waals surface area contributed by atoms with Gasteiger partial charge >= 0.3 is 0 Å². The number of nitrogens with zero attached hydrogens (tertiary/aromatic N) is 2. The average molecular weight is 235 g/mol. The molecule has 1 fully saturated rings. The van der Waals surface area contributed by atoms with Crippen molar-refractivity contribution in [3.63, 3.8) is 0 Å². The summed E-state index contributed by atoms with van der Waals surface area (Å²) in [6.45, 7) is 0.973. The minimum absolute atomic E-state index is 0.352. The van der Waals surface area contributed by atoms with Crippen LogP contribution >= 0.6 is 0 Å². The van der Waals surface area contributed by atoms with Gasteiger partial charge in [-0.2, -0.15) is 0 Å². The minimum atomic E-state index is -0.716. The summed E-state index contributed by atoms with van der Waals surface area (Å²) in [6, 6.07) is 0. The van der Waals surface area contributed by atoms with E-state index in [2.05, 4.69) is 9.55 Å². The van der Waals surface area contributed by atoms with Crippen LogP contribution in [-0.4, -0.2) is 26.8 Å². The van der Waals surface area contributed by atoms with Crippen molar-refractivity contribution >= 4 is 0 Å². The number of aromatic nitrogens is 2. The van der Waals surface area contributed by atoms with E-state index in [1.54, 1.807) is 0 Å². The second-order valence-corrected chi connectivity index (χ2v) is 5.55. The highest BCUT2D eigenvalue weighted by molar-refractivity contribution is 5.17. The van der Waals surface area contributed by atoms with E-state index in [1.807, 2.05) is 6.33 Å². The average Bonchev–Trinajstić information content (AvgIpc) is 3.14. The first-order valence-electron chi connectivity index (χ1n) is 6.68. The van der Waals surface area contributed by atoms with Crippen LogP contribution in [0, 0.1) is 5.92 Å². The zero-order valence-corrected chi connectivity index (χ0v) is 10.2. The lowest BCUT2D eigenvalue weighted by atomic mass is 9.96. The molecular formula is C13H21N3O. The molecule has 0 aromatic carbocycles. The molecule has 2 aliphatic rings. The fourth-order valence-electron chi connectivity index (χ4n) is 2.94. The van der Waals surface area contributed by atoms with Crippen molar-refractivity contribution in [1.82, 2.24) is 9.55 Å². The highest BCUT2D eigenvalue weighted by Crippen LogP contribution is 2.40. The number of aryl methyl sites for hydroxylation is 1. The largest absolute Gasteiger partial charge is 0.386 e. The number of imidazole rings is 1. The lowest BCUT2D eigenvalue weighted by Crippen LogP contribution is -2.44. The highest BCUT2D eigenvalue weighted by Gasteiger charge is 2.43. The van der Waals surface area contributed by atoms with E-state index in [0.717, 1.165) is 25.7 Å². The fourth-order valence-corrected chi connectivity index (χ4v) is 2.94. The zero-order chi connectivity index (χ0) is 11.9. The maximum absolute atomic E-state index is 10.6. The Hall–Kier alpha value is -0.870. The van der Waals surface area contributed by atoms with Crippen LogP contribution in [0.15, 0.2) is 6.33 Å². The standard InChI is InChI=1S/C13H21N3O/c14-7-13(17,10-5-6-10)8-16-9-15-11-3-1-2-4-12(11)16/h9-10,17H,1-8,14H2. The summed E-state index contributed by atoms with van der Waals surface area (Å²) in [7, 11) is 0. The van der Waals surface area contributed by atoms with Gasteiger partial charge in [0.15, 0.2) is 0 Å². The van der Waals surface area contributed by atoms with Crippen molar-refractivity contribution in [2.45, 2.75) is 50.7 Å². The van der Waals surface area contributed by atoms with Gasteiger partial charge in [0.25, 0.3) is 0 Å². The lowest BCUT2D eigenvalue weighted by Gasteiger charge is -2.28. The van der Waals surface area contributed by atoms with Crippen LogP contribution in [0.4, 0.5) is 0 Å². The van der Waals surface area contributed by atoms with Gasteiger partial charge in [0.1, 0.15) is 0 Å². The summed E-state index contributed by atoms with van der Waals surface area (Å²) in [5.41, 5.74) is 7.59. The Labute approximate surface area is 102 Å². The fraction of sp³-hybridized carbons (Fsp3) is 0.769. The number of aliphatic hydroxyl groups is 1. The predicted molar refractivity (Wildman–Crippen MR) is 65.6 cm³/mol. The van der Waals surface area contributed by atoms with Crippen molar-refractivity contribution in [1.29, 1.82) is 0 Å². The molecule has 3 N–H and O–H groups in total. The van der Waals surface area contributed by atoms with E-state index in [1.165, 1.54) is 24.2 Å². The second kappa shape index (κ2) is 4.10. The molecule has 1 heterocycles. The maximum Gasteiger partial charge on any atom is 0.0975 e. The van der Waals surface area contributed by atoms with Crippen molar-refractivity contribution in [3.8, 4) is 0 Å². The number of nitrogens with two attached hydrogens (primary N) is 1. The van der Waals surface area contributed by atoms with Crippen LogP contribution in [0.1, 0.15) is 37.1 Å². The molecule has 0 aliphatic heterocycles. The molecule has 3 rings (SSSR count). The summed E-state index contributed by atoms with van der Waals surface area (Å²) >= 11 is 0. The summed E-state index contributed by atoms with van der Waals surface area (Å²) in [5, 5.41) is 10.6. The van der Waals surface area contributed by atoms with Crippen LogP contribution in [-0.2, 0) is 19.4 Å². The molecule has 0 bridgehead atoms. The van der Waals surface area contributed by atoms with Gasteiger partial charge in [0.2, 0.25) is 0 Å². The molecule has 1 unspecified atom stereocenters. The van der Waals surface area contributed by atoms with Crippen LogP contribution in [0.2, 0.25) is 0 Å². The topological polar surface area (TPSA) is 64.1 Å². The Morgan fingerprint density at radius 3 is 2.88 bits per heavy atom. The Kier molecular flexibility index (Phi) is 2.71. The summed E-state index contributed by atoms with van der Waals surface area (Å²) in [6.07, 6.45) is 8.79. The van der Waals surface area contributed by atoms with E-state index in [-0.39, 0.29) is 0 Å². The quantitative estimate of drug-likeness (QED) is 0.813. The second-order valence-electron chi connectivity index (χ2n) is 5.55. The Morgan fingerprint density at radius 1 is 1.41 bits per heavy atom. The van der Waals surface area contributed by atoms with Gasteiger partial charge in [-0.15, -0.1) is 0 Å². The van der Waals surface area contributed by atoms with Gasteiger partial charge in [0.05, 0.1) is 24.2 Å². The summed E-state index contributed by atoms with van der Waals surface area (Å²) in [4.78, 5) is 4.47. The first-order chi connectivity index (χ1) is 8.23. The molecule has 0 spiro atoms. The minimum Gasteiger partial charge on any atom is -0.386 e. The molecule has 17 heavy (non-hydrogen) atoms. The molecule has 0 radical (unpaired) electrons. The van der Waals surface area contributed by atoms with Crippen molar-refractivity contribution in [2.75, 3.05) is 6.54 Å². The molecule has 94 valence electrons. The number of fused-ring (bicyclic) bond motifs is 1. The SMILES string of the molecule is NCC(O)(Cn1cnc2c1CCCC2)C1CC1. The zero-order valence-electron chi connectivity index (χ0n) is 10.2. The first-order valence-corrected chi connectivity index (χ1v) is 6.68. The van der Waals surface area contributed by atoms with E-state index in [0.29, 0.717) is 19.0 Å². The number of rotatable bonds is 4. The predicted octanol–water partition coefficient (Wildman–Crippen LogP) is 0.862. The molecule has 0 amide bonds. The normalized spacial score (nSPS) is 23.2. The Morgan fingerprint density at radius 2 is 2.18 bits per heavy atom. The van der Waals surface area contributed by atoms with Crippen LogP contribution in [0.3, 0.4) is 0 Å². The van der Waals surface area contributed by atoms with Gasteiger partial charge < -0.3 is 15.4 Å². The summed E-state index contributed by atoms with van der Waals surface area (Å²) < 4.78 is 2.14. The lowest BCUT2D eigenvalue weighted by molar-refractivity contribution is 0.00865. The third-order valence-corrected chi connectivity index (χ3v) is 4.24. The van der Waals surface area contributed by atoms with Gasteiger partial charge in [-0.3, -0.25) is 0 Å². The Balaban J connectivity index is 1.82. The van der Waals surface area contributed by atoms with E-state index in [9.17, 15) is 5.11 Å². The van der Waals surface area contributed by atoms with Gasteiger partial charge in [0, 0.05) is 12.2 Å². The van der Waals surface area contributed by atoms with E-state index >= 15 is 0 Å². The number of hydrogen-bond acceptors (Lipinski definition) is 3. The Bertz CT molecular complexity index is 411. The third-order valence-electron chi connectivity index (χ3n) is 4.24. The van der Waals surface area contributed by atoms with E-state index < -0.39 is 5.60 Å². The van der Waals surface area contributed by atoms with Crippen molar-refractivity contribution < 1.29 is 5.11 Å². The van der Waals surface area contributed by atoms with Crippen molar-refractivity contribution in [2.24, 2.45) is 11.7 Å². The van der Waals surface area contributed by atoms with Crippen LogP contribution in [0.25, 0.3) is 0 Å². The van der Waals surface area contributed by atoms with Gasteiger partial charge in [-0.25, -0.2) is 4.98 Å². The summed E-state index contributed by atoms with van der Waals surface area (Å²) in [5.74, 6) is 0.397. The molecule has 1 saturated carbocycles. The molecule has 1 atom stereocenters.